The minimum absolute atomic E-state index is 0.273. The van der Waals surface area contributed by atoms with Crippen molar-refractivity contribution in [2.75, 3.05) is 0 Å². The Morgan fingerprint density at radius 3 is 2.61 bits per heavy atom. The predicted octanol–water partition coefficient (Wildman–Crippen LogP) is 1.69. The number of hydrogen-bond donors (Lipinski definition) is 3. The number of aliphatic hydroxyl groups excluding tert-OH is 1. The molecule has 0 unspecified atom stereocenters. The molecular formula is C13H19NO4. The summed E-state index contributed by atoms with van der Waals surface area (Å²) in [4.78, 5) is 11.4. The number of amides is 1. The van der Waals surface area contributed by atoms with Crippen molar-refractivity contribution in [2.45, 2.75) is 39.2 Å². The zero-order chi connectivity index (χ0) is 13.8. The van der Waals surface area contributed by atoms with Crippen LogP contribution in [0.2, 0.25) is 0 Å². The minimum atomic E-state index is -1.51. The van der Waals surface area contributed by atoms with E-state index in [-0.39, 0.29) is 6.54 Å². The normalized spacial score (nSPS) is 11.4. The molecule has 0 fully saturated rings. The van der Waals surface area contributed by atoms with Crippen LogP contribution < -0.4 is 5.32 Å². The predicted molar refractivity (Wildman–Crippen MR) is 66.7 cm³/mol. The lowest BCUT2D eigenvalue weighted by atomic mass is 10.1. The van der Waals surface area contributed by atoms with E-state index >= 15 is 0 Å². The molecule has 0 bridgehead atoms. The molecule has 1 rings (SSSR count). The molecule has 0 saturated heterocycles. The van der Waals surface area contributed by atoms with Gasteiger partial charge in [0.25, 0.3) is 0 Å². The van der Waals surface area contributed by atoms with Crippen molar-refractivity contribution >= 4 is 6.09 Å². The maximum absolute atomic E-state index is 11.4. The second-order valence-electron chi connectivity index (χ2n) is 4.97. The second-order valence-corrected chi connectivity index (χ2v) is 4.97. The number of hydrogen-bond acceptors (Lipinski definition) is 4. The molecule has 0 atom stereocenters. The molecule has 0 aliphatic heterocycles. The Labute approximate surface area is 106 Å². The molecule has 0 spiro atoms. The lowest BCUT2D eigenvalue weighted by molar-refractivity contribution is -0.0425. The van der Waals surface area contributed by atoms with Crippen LogP contribution in [0.15, 0.2) is 24.3 Å². The third-order valence-corrected chi connectivity index (χ3v) is 2.08. The van der Waals surface area contributed by atoms with Crippen LogP contribution in [0.25, 0.3) is 0 Å². The summed E-state index contributed by atoms with van der Waals surface area (Å²) in [5.41, 5.74) is 0.623. The van der Waals surface area contributed by atoms with Gasteiger partial charge in [0.05, 0.1) is 0 Å². The number of benzene rings is 1. The van der Waals surface area contributed by atoms with Gasteiger partial charge in [0.2, 0.25) is 0 Å². The highest BCUT2D eigenvalue weighted by Gasteiger charge is 2.15. The quantitative estimate of drug-likeness (QED) is 0.716. The molecule has 5 nitrogen and oxygen atoms in total. The highest BCUT2D eigenvalue weighted by Crippen LogP contribution is 2.12. The van der Waals surface area contributed by atoms with Gasteiger partial charge in [0.15, 0.2) is 6.29 Å². The van der Waals surface area contributed by atoms with Crippen LogP contribution >= 0.6 is 0 Å². The highest BCUT2D eigenvalue weighted by molar-refractivity contribution is 5.67. The Morgan fingerprint density at radius 2 is 2.06 bits per heavy atom. The number of carbonyl (C=O) groups is 1. The number of rotatable bonds is 3. The van der Waals surface area contributed by atoms with Gasteiger partial charge in [0, 0.05) is 12.1 Å². The summed E-state index contributed by atoms with van der Waals surface area (Å²) in [6.45, 7) is 5.63. The fourth-order valence-corrected chi connectivity index (χ4v) is 1.35. The number of alkyl carbamates (subject to hydrolysis) is 1. The van der Waals surface area contributed by atoms with Gasteiger partial charge in [-0.1, -0.05) is 18.2 Å². The summed E-state index contributed by atoms with van der Waals surface area (Å²) in [7, 11) is 0. The Balaban J connectivity index is 2.53. The van der Waals surface area contributed by atoms with Gasteiger partial charge in [-0.3, -0.25) is 0 Å². The fourth-order valence-electron chi connectivity index (χ4n) is 1.35. The first kappa shape index (κ1) is 14.5. The minimum Gasteiger partial charge on any atom is -0.444 e. The average molecular weight is 253 g/mol. The van der Waals surface area contributed by atoms with Gasteiger partial charge < -0.3 is 20.3 Å². The van der Waals surface area contributed by atoms with Crippen molar-refractivity contribution in [1.82, 2.24) is 5.32 Å². The first-order valence-electron chi connectivity index (χ1n) is 5.70. The summed E-state index contributed by atoms with van der Waals surface area (Å²) in [5.74, 6) is 0. The van der Waals surface area contributed by atoms with E-state index in [4.69, 9.17) is 14.9 Å². The molecule has 5 heteroatoms. The van der Waals surface area contributed by atoms with Crippen molar-refractivity contribution in [3.05, 3.63) is 35.4 Å². The molecule has 1 amide bonds. The van der Waals surface area contributed by atoms with Gasteiger partial charge >= 0.3 is 6.09 Å². The Morgan fingerprint density at radius 1 is 1.39 bits per heavy atom. The van der Waals surface area contributed by atoms with Crippen molar-refractivity contribution in [3.63, 3.8) is 0 Å². The van der Waals surface area contributed by atoms with E-state index in [1.807, 2.05) is 0 Å². The van der Waals surface area contributed by atoms with Crippen molar-refractivity contribution in [2.24, 2.45) is 0 Å². The fraction of sp³-hybridized carbons (Fsp3) is 0.462. The molecule has 0 radical (unpaired) electrons. The lowest BCUT2D eigenvalue weighted by Gasteiger charge is -2.19. The SMILES string of the molecule is CC(C)(C)OC(=O)NCc1cccc(C(O)O)c1. The summed E-state index contributed by atoms with van der Waals surface area (Å²) in [6, 6.07) is 6.69. The molecule has 18 heavy (non-hydrogen) atoms. The summed E-state index contributed by atoms with van der Waals surface area (Å²) in [5, 5.41) is 20.6. The van der Waals surface area contributed by atoms with Gasteiger partial charge in [0.1, 0.15) is 5.60 Å². The van der Waals surface area contributed by atoms with Crippen LogP contribution in [-0.4, -0.2) is 21.9 Å². The van der Waals surface area contributed by atoms with Gasteiger partial charge in [-0.15, -0.1) is 0 Å². The topological polar surface area (TPSA) is 78.8 Å². The molecule has 3 N–H and O–H groups in total. The van der Waals surface area contributed by atoms with Gasteiger partial charge in [-0.25, -0.2) is 4.79 Å². The maximum Gasteiger partial charge on any atom is 0.407 e. The first-order chi connectivity index (χ1) is 8.28. The van der Waals surface area contributed by atoms with Crippen LogP contribution in [0.4, 0.5) is 4.79 Å². The third-order valence-electron chi connectivity index (χ3n) is 2.08. The number of aliphatic hydroxyl groups is 2. The van der Waals surface area contributed by atoms with E-state index in [1.54, 1.807) is 45.0 Å². The average Bonchev–Trinajstić information content (AvgIpc) is 2.24. The third kappa shape index (κ3) is 5.16. The summed E-state index contributed by atoms with van der Waals surface area (Å²) >= 11 is 0. The summed E-state index contributed by atoms with van der Waals surface area (Å²) < 4.78 is 5.09. The standard InChI is InChI=1S/C13H19NO4/c1-13(2,3)18-12(17)14-8-9-5-4-6-10(7-9)11(15)16/h4-7,11,15-16H,8H2,1-3H3,(H,14,17). The van der Waals surface area contributed by atoms with Crippen molar-refractivity contribution in [1.29, 1.82) is 0 Å². The van der Waals surface area contributed by atoms with E-state index in [0.29, 0.717) is 5.56 Å². The van der Waals surface area contributed by atoms with E-state index in [1.165, 1.54) is 0 Å². The highest BCUT2D eigenvalue weighted by atomic mass is 16.6. The second kappa shape index (κ2) is 5.84. The molecule has 0 aliphatic carbocycles. The summed E-state index contributed by atoms with van der Waals surface area (Å²) in [6.07, 6.45) is -2.01. The smallest absolute Gasteiger partial charge is 0.407 e. The molecule has 1 aromatic rings. The Hall–Kier alpha value is -1.59. The van der Waals surface area contributed by atoms with E-state index in [0.717, 1.165) is 5.56 Å². The number of nitrogens with one attached hydrogen (secondary N) is 1. The van der Waals surface area contributed by atoms with Gasteiger partial charge in [-0.2, -0.15) is 0 Å². The number of carbonyl (C=O) groups excluding carboxylic acids is 1. The first-order valence-corrected chi connectivity index (χ1v) is 5.70. The van der Waals surface area contributed by atoms with E-state index < -0.39 is 18.0 Å². The largest absolute Gasteiger partial charge is 0.444 e. The molecule has 0 saturated carbocycles. The zero-order valence-corrected chi connectivity index (χ0v) is 10.8. The monoisotopic (exact) mass is 253 g/mol. The Bertz CT molecular complexity index is 410. The van der Waals surface area contributed by atoms with Gasteiger partial charge in [-0.05, 0) is 32.4 Å². The molecule has 1 aromatic carbocycles. The molecular weight excluding hydrogens is 234 g/mol. The van der Waals surface area contributed by atoms with Crippen LogP contribution in [-0.2, 0) is 11.3 Å². The molecule has 0 aromatic heterocycles. The molecule has 0 heterocycles. The van der Waals surface area contributed by atoms with E-state index in [9.17, 15) is 4.79 Å². The van der Waals surface area contributed by atoms with E-state index in [2.05, 4.69) is 5.32 Å². The lowest BCUT2D eigenvalue weighted by Crippen LogP contribution is -2.32. The maximum atomic E-state index is 11.4. The van der Waals surface area contributed by atoms with Crippen LogP contribution in [0.5, 0.6) is 0 Å². The number of ether oxygens (including phenoxy) is 1. The Kier molecular flexibility index (Phi) is 4.69. The van der Waals surface area contributed by atoms with Crippen LogP contribution in [0.1, 0.15) is 38.2 Å². The molecule has 100 valence electrons. The van der Waals surface area contributed by atoms with Crippen LogP contribution in [0.3, 0.4) is 0 Å². The van der Waals surface area contributed by atoms with Crippen molar-refractivity contribution < 1.29 is 19.7 Å². The van der Waals surface area contributed by atoms with Crippen LogP contribution in [0, 0.1) is 0 Å². The van der Waals surface area contributed by atoms with Crippen molar-refractivity contribution in [3.8, 4) is 0 Å². The zero-order valence-electron chi connectivity index (χ0n) is 10.8. The molecule has 0 aliphatic rings.